The number of carboxylic acid groups (broad SMARTS) is 1. The number of aryl methyl sites for hydroxylation is 1. The summed E-state index contributed by atoms with van der Waals surface area (Å²) >= 11 is 1.41. The Balaban J connectivity index is 0.983. The molecule has 310 valence electrons. The van der Waals surface area contributed by atoms with Crippen molar-refractivity contribution in [2.45, 2.75) is 71.8 Å². The van der Waals surface area contributed by atoms with E-state index in [-0.39, 0.29) is 29.3 Å². The molecule has 1 aliphatic heterocycles. The fraction of sp³-hybridized carbons (Fsp3) is 0.512. The first kappa shape index (κ1) is 39.4. The standard InChI is InChI=1S/C41H49N11O5S2/c1-24-13-34(47-48-37(24)46-40-44-32-5-4-10-42-39(32)58-40)50(3)33-7-6-30(31-20-43-52(25(31)2)23-41-17-27-14-28(18-41)16-29(15-27)19-41)36(45-33)38(55)49-59(56,57)22-26-8-11-51(12-9-26)21-35(53)54/h4-7,10,13,20,26-29H,8-9,11-12,14-19,21-23H2,1-3H3,(H,49,55)(H,53,54)(H,44,46,48). The second kappa shape index (κ2) is 15.5. The first-order chi connectivity index (χ1) is 28.3. The Morgan fingerprint density at radius 3 is 2.39 bits per heavy atom. The Labute approximate surface area is 346 Å². The summed E-state index contributed by atoms with van der Waals surface area (Å²) in [6.07, 6.45) is 12.3. The lowest BCUT2D eigenvalue weighted by Crippen LogP contribution is -2.48. The highest BCUT2D eigenvalue weighted by Gasteiger charge is 2.51. The van der Waals surface area contributed by atoms with Crippen molar-refractivity contribution in [1.29, 1.82) is 0 Å². The molecule has 5 aliphatic rings. The van der Waals surface area contributed by atoms with Crippen molar-refractivity contribution < 1.29 is 23.1 Å². The lowest BCUT2D eigenvalue weighted by Gasteiger charge is -2.56. The number of hydrogen-bond acceptors (Lipinski definition) is 14. The van der Waals surface area contributed by atoms with Gasteiger partial charge in [-0.3, -0.25) is 19.2 Å². The van der Waals surface area contributed by atoms with Crippen LogP contribution in [0.15, 0.2) is 42.7 Å². The van der Waals surface area contributed by atoms with E-state index in [0.29, 0.717) is 54.1 Å². The van der Waals surface area contributed by atoms with E-state index in [9.17, 15) is 18.0 Å². The average Bonchev–Trinajstić information content (AvgIpc) is 3.76. The largest absolute Gasteiger partial charge is 0.480 e. The summed E-state index contributed by atoms with van der Waals surface area (Å²) in [7, 11) is -2.31. The topological polar surface area (TPSA) is 201 Å². The molecule has 18 heteroatoms. The molecule has 0 spiro atoms. The van der Waals surface area contributed by atoms with Crippen LogP contribution in [-0.4, -0.2) is 97.7 Å². The van der Waals surface area contributed by atoms with Crippen molar-refractivity contribution in [2.75, 3.05) is 42.7 Å². The molecule has 4 bridgehead atoms. The number of carbonyl (C=O) groups excluding carboxylic acids is 1. The van der Waals surface area contributed by atoms with Crippen LogP contribution in [0.4, 0.5) is 22.6 Å². The maximum absolute atomic E-state index is 14.2. The zero-order valence-electron chi connectivity index (χ0n) is 33.5. The number of sulfonamides is 1. The van der Waals surface area contributed by atoms with E-state index in [0.717, 1.165) is 51.5 Å². The minimum Gasteiger partial charge on any atom is -0.480 e. The van der Waals surface area contributed by atoms with Gasteiger partial charge in [-0.25, -0.2) is 28.1 Å². The quantitative estimate of drug-likeness (QED) is 0.126. The predicted octanol–water partition coefficient (Wildman–Crippen LogP) is 5.94. The Kier molecular flexibility index (Phi) is 10.4. The van der Waals surface area contributed by atoms with Gasteiger partial charge in [0.25, 0.3) is 5.91 Å². The number of aromatic nitrogens is 7. The summed E-state index contributed by atoms with van der Waals surface area (Å²) in [5, 5.41) is 26.8. The number of anilines is 4. The molecule has 1 amide bonds. The molecule has 10 rings (SSSR count). The van der Waals surface area contributed by atoms with Gasteiger partial charge < -0.3 is 15.3 Å². The van der Waals surface area contributed by atoms with Gasteiger partial charge in [-0.2, -0.15) is 5.10 Å². The van der Waals surface area contributed by atoms with E-state index in [1.54, 1.807) is 41.4 Å². The first-order valence-corrected chi connectivity index (χ1v) is 22.8. The van der Waals surface area contributed by atoms with Crippen molar-refractivity contribution in [3.63, 3.8) is 0 Å². The van der Waals surface area contributed by atoms with E-state index in [1.165, 1.54) is 49.9 Å². The Morgan fingerprint density at radius 2 is 1.71 bits per heavy atom. The molecule has 0 radical (unpaired) electrons. The van der Waals surface area contributed by atoms with Gasteiger partial charge in [0.1, 0.15) is 21.9 Å². The number of rotatable bonds is 13. The smallest absolute Gasteiger partial charge is 0.317 e. The second-order valence-electron chi connectivity index (χ2n) is 17.4. The lowest BCUT2D eigenvalue weighted by atomic mass is 9.49. The third kappa shape index (κ3) is 8.26. The minimum atomic E-state index is -4.08. The fourth-order valence-electron chi connectivity index (χ4n) is 10.5. The minimum absolute atomic E-state index is 0.0425. The van der Waals surface area contributed by atoms with Crippen LogP contribution in [0.25, 0.3) is 21.5 Å². The number of aliphatic carboxylic acids is 1. The highest BCUT2D eigenvalue weighted by molar-refractivity contribution is 7.90. The molecule has 4 saturated carbocycles. The van der Waals surface area contributed by atoms with Gasteiger partial charge >= 0.3 is 5.97 Å². The third-order valence-corrected chi connectivity index (χ3v) is 15.3. The van der Waals surface area contributed by atoms with Crippen LogP contribution in [0.2, 0.25) is 0 Å². The number of nitrogens with one attached hydrogen (secondary N) is 2. The Hall–Kier alpha value is -5.07. The highest BCUT2D eigenvalue weighted by Crippen LogP contribution is 2.60. The van der Waals surface area contributed by atoms with Crippen LogP contribution >= 0.6 is 11.3 Å². The zero-order valence-corrected chi connectivity index (χ0v) is 35.1. The van der Waals surface area contributed by atoms with Crippen molar-refractivity contribution in [2.24, 2.45) is 29.1 Å². The summed E-state index contributed by atoms with van der Waals surface area (Å²) in [5.41, 5.74) is 3.89. The maximum Gasteiger partial charge on any atom is 0.317 e. The number of hydrogen-bond donors (Lipinski definition) is 3. The molecule has 59 heavy (non-hydrogen) atoms. The predicted molar refractivity (Wildman–Crippen MR) is 224 cm³/mol. The van der Waals surface area contributed by atoms with Crippen LogP contribution in [-0.2, 0) is 21.4 Å². The van der Waals surface area contributed by atoms with Gasteiger partial charge in [-0.1, -0.05) is 11.3 Å². The monoisotopic (exact) mass is 839 g/mol. The molecule has 0 atom stereocenters. The van der Waals surface area contributed by atoms with Crippen LogP contribution in [0, 0.1) is 42.9 Å². The SMILES string of the molecule is Cc1cc(N(C)c2ccc(-c3cnn(CC45CC6CC(CC(C6)C4)C5)c3C)c(C(=O)NS(=O)(=O)CC3CCN(CC(=O)O)CC3)n2)nnc1Nc1nc2cccnc2s1. The molecule has 1 saturated heterocycles. The lowest BCUT2D eigenvalue weighted by molar-refractivity contribution is -0.138. The van der Waals surface area contributed by atoms with Gasteiger partial charge in [0.05, 0.1) is 18.5 Å². The molecule has 16 nitrogen and oxygen atoms in total. The number of piperidine rings is 1. The van der Waals surface area contributed by atoms with Gasteiger partial charge in [0, 0.05) is 36.6 Å². The number of nitrogens with zero attached hydrogens (tertiary/aromatic N) is 9. The molecule has 4 aliphatic carbocycles. The Morgan fingerprint density at radius 1 is 0.983 bits per heavy atom. The molecule has 3 N–H and O–H groups in total. The summed E-state index contributed by atoms with van der Waals surface area (Å²) in [6, 6.07) is 9.18. The molecule has 0 aromatic carbocycles. The van der Waals surface area contributed by atoms with E-state index in [1.807, 2.05) is 32.0 Å². The first-order valence-electron chi connectivity index (χ1n) is 20.4. The normalized spacial score (nSPS) is 23.1. The molecule has 5 aromatic rings. The molecular weight excluding hydrogens is 791 g/mol. The summed E-state index contributed by atoms with van der Waals surface area (Å²) in [4.78, 5) is 43.5. The van der Waals surface area contributed by atoms with Crippen molar-refractivity contribution in [3.8, 4) is 11.1 Å². The van der Waals surface area contributed by atoms with Gasteiger partial charge in [-0.15, -0.1) is 10.2 Å². The van der Waals surface area contributed by atoms with Gasteiger partial charge in [0.15, 0.2) is 16.8 Å². The highest BCUT2D eigenvalue weighted by atomic mass is 32.2. The van der Waals surface area contributed by atoms with Crippen molar-refractivity contribution in [3.05, 3.63) is 59.7 Å². The summed E-state index contributed by atoms with van der Waals surface area (Å²) < 4.78 is 31.6. The van der Waals surface area contributed by atoms with Gasteiger partial charge in [0.2, 0.25) is 10.0 Å². The molecule has 5 aromatic heterocycles. The van der Waals surface area contributed by atoms with Gasteiger partial charge in [-0.05, 0) is 143 Å². The molecule has 6 heterocycles. The van der Waals surface area contributed by atoms with Crippen LogP contribution in [0.3, 0.4) is 0 Å². The average molecular weight is 840 g/mol. The maximum atomic E-state index is 14.2. The third-order valence-electron chi connectivity index (χ3n) is 13.0. The number of fused-ring (bicyclic) bond motifs is 1. The zero-order chi connectivity index (χ0) is 41.1. The fourth-order valence-corrected chi connectivity index (χ4v) is 12.8. The number of thiazole rings is 1. The number of carboxylic acids is 1. The summed E-state index contributed by atoms with van der Waals surface area (Å²) in [6.45, 7) is 5.62. The molecule has 0 unspecified atom stereocenters. The number of likely N-dealkylation sites (tertiary alicyclic amines) is 1. The number of amides is 1. The molecular formula is C41H49N11O5S2. The van der Waals surface area contributed by atoms with E-state index in [2.05, 4.69) is 34.9 Å². The van der Waals surface area contributed by atoms with Crippen LogP contribution < -0.4 is 14.9 Å². The van der Waals surface area contributed by atoms with E-state index in [4.69, 9.17) is 15.2 Å². The molecule has 5 fully saturated rings. The van der Waals surface area contributed by atoms with Crippen molar-refractivity contribution in [1.82, 2.24) is 44.6 Å². The van der Waals surface area contributed by atoms with E-state index >= 15 is 0 Å². The number of carbonyl (C=O) groups is 2. The second-order valence-corrected chi connectivity index (χ2v) is 20.1. The van der Waals surface area contributed by atoms with Crippen molar-refractivity contribution >= 4 is 66.2 Å². The number of pyridine rings is 2. The van der Waals surface area contributed by atoms with E-state index < -0.39 is 21.9 Å². The Bertz CT molecular complexity index is 2460. The summed E-state index contributed by atoms with van der Waals surface area (Å²) in [5.74, 6) is 1.56. The van der Waals surface area contributed by atoms with Crippen LogP contribution in [0.5, 0.6) is 0 Å². The van der Waals surface area contributed by atoms with Crippen LogP contribution in [0.1, 0.15) is 73.1 Å².